The van der Waals surface area contributed by atoms with Crippen LogP contribution in [-0.2, 0) is 9.53 Å². The van der Waals surface area contributed by atoms with Gasteiger partial charge in [-0.05, 0) is 24.3 Å². The maximum absolute atomic E-state index is 11.5. The van der Waals surface area contributed by atoms with Crippen LogP contribution in [0.1, 0.15) is 6.42 Å². The van der Waals surface area contributed by atoms with Crippen molar-refractivity contribution >= 4 is 35.0 Å². The second-order valence-corrected chi connectivity index (χ2v) is 5.30. The smallest absolute Gasteiger partial charge is 0.409 e. The molecular formula is C17H21N7O4. The van der Waals surface area contributed by atoms with Gasteiger partial charge in [0.15, 0.2) is 11.6 Å². The van der Waals surface area contributed by atoms with Crippen LogP contribution in [-0.4, -0.2) is 37.4 Å². The van der Waals surface area contributed by atoms with Crippen molar-refractivity contribution in [1.29, 1.82) is 0 Å². The number of azo groups is 1. The third-order valence-corrected chi connectivity index (χ3v) is 3.28. The van der Waals surface area contributed by atoms with Gasteiger partial charge >= 0.3 is 6.09 Å². The van der Waals surface area contributed by atoms with E-state index in [2.05, 4.69) is 25.8 Å². The lowest BCUT2D eigenvalue weighted by atomic mass is 10.3. The van der Waals surface area contributed by atoms with E-state index in [9.17, 15) is 9.59 Å². The Hall–Kier alpha value is -3.73. The highest BCUT2D eigenvalue weighted by Crippen LogP contribution is 2.30. The Labute approximate surface area is 161 Å². The standard InChI is InChI=1S/C17H21N7O4/c1-20-17(26)28-10-27-13-5-3-2-4-11(13)23-24-12-6-7-14(22-16(12)19)21-15(25)8-9-18/h2-7H,8-10,18H2,1H3,(H,20,26)(H3,19,21,22,25). The molecule has 2 aromatic rings. The number of hydrogen-bond acceptors (Lipinski definition) is 9. The maximum Gasteiger partial charge on any atom is 0.409 e. The fraction of sp³-hybridized carbons (Fsp3) is 0.235. The summed E-state index contributed by atoms with van der Waals surface area (Å²) >= 11 is 0. The van der Waals surface area contributed by atoms with E-state index in [0.717, 1.165) is 0 Å². The van der Waals surface area contributed by atoms with Crippen molar-refractivity contribution in [3.63, 3.8) is 0 Å². The summed E-state index contributed by atoms with van der Waals surface area (Å²) in [5.74, 6) is 0.502. The molecule has 0 unspecified atom stereocenters. The Kier molecular flexibility index (Phi) is 7.66. The summed E-state index contributed by atoms with van der Waals surface area (Å²) in [5.41, 5.74) is 11.9. The van der Waals surface area contributed by atoms with Crippen molar-refractivity contribution in [3.8, 4) is 5.75 Å². The number of nitrogens with one attached hydrogen (secondary N) is 2. The number of nitrogens with zero attached hydrogens (tertiary/aromatic N) is 3. The fourth-order valence-corrected chi connectivity index (χ4v) is 1.95. The van der Waals surface area contributed by atoms with E-state index < -0.39 is 6.09 Å². The molecule has 0 aliphatic rings. The second kappa shape index (κ2) is 10.4. The first-order valence-electron chi connectivity index (χ1n) is 8.28. The van der Waals surface area contributed by atoms with Gasteiger partial charge in [0.05, 0.1) is 0 Å². The van der Waals surface area contributed by atoms with E-state index in [4.69, 9.17) is 20.9 Å². The highest BCUT2D eigenvalue weighted by atomic mass is 16.7. The lowest BCUT2D eigenvalue weighted by molar-refractivity contribution is -0.116. The Morgan fingerprint density at radius 3 is 2.61 bits per heavy atom. The van der Waals surface area contributed by atoms with Crippen molar-refractivity contribution in [3.05, 3.63) is 36.4 Å². The van der Waals surface area contributed by atoms with Crippen molar-refractivity contribution in [2.45, 2.75) is 6.42 Å². The average Bonchev–Trinajstić information content (AvgIpc) is 2.68. The second-order valence-electron chi connectivity index (χ2n) is 5.30. The molecule has 148 valence electrons. The van der Waals surface area contributed by atoms with Crippen LogP contribution in [0.25, 0.3) is 0 Å². The van der Waals surface area contributed by atoms with Gasteiger partial charge in [-0.2, -0.15) is 0 Å². The lowest BCUT2D eigenvalue weighted by Gasteiger charge is -2.08. The van der Waals surface area contributed by atoms with Gasteiger partial charge in [-0.1, -0.05) is 12.1 Å². The number of ether oxygens (including phenoxy) is 2. The number of rotatable bonds is 8. The molecule has 0 radical (unpaired) electrons. The molecule has 28 heavy (non-hydrogen) atoms. The summed E-state index contributed by atoms with van der Waals surface area (Å²) in [4.78, 5) is 26.7. The van der Waals surface area contributed by atoms with Gasteiger partial charge in [-0.15, -0.1) is 10.2 Å². The number of aromatic nitrogens is 1. The molecule has 11 nitrogen and oxygen atoms in total. The van der Waals surface area contributed by atoms with Crippen molar-refractivity contribution in [2.24, 2.45) is 16.0 Å². The molecule has 1 aromatic heterocycles. The minimum absolute atomic E-state index is 0.0932. The highest BCUT2D eigenvalue weighted by Gasteiger charge is 2.07. The molecule has 6 N–H and O–H groups in total. The predicted octanol–water partition coefficient (Wildman–Crippen LogP) is 2.06. The highest BCUT2D eigenvalue weighted by molar-refractivity contribution is 5.90. The number of para-hydroxylation sites is 1. The largest absolute Gasteiger partial charge is 0.455 e. The molecule has 0 spiro atoms. The van der Waals surface area contributed by atoms with E-state index in [-0.39, 0.29) is 31.5 Å². The number of nitrogen functional groups attached to an aromatic ring is 1. The number of hydrogen-bond donors (Lipinski definition) is 4. The summed E-state index contributed by atoms with van der Waals surface area (Å²) in [5, 5.41) is 13.0. The van der Waals surface area contributed by atoms with Gasteiger partial charge in [0.25, 0.3) is 0 Å². The van der Waals surface area contributed by atoms with E-state index in [1.54, 1.807) is 36.4 Å². The molecule has 1 aromatic carbocycles. The zero-order valence-corrected chi connectivity index (χ0v) is 15.2. The van der Waals surface area contributed by atoms with Crippen LogP contribution in [0.5, 0.6) is 5.75 Å². The Morgan fingerprint density at radius 1 is 1.14 bits per heavy atom. The van der Waals surface area contributed by atoms with E-state index in [1.165, 1.54) is 7.05 Å². The van der Waals surface area contributed by atoms with Gasteiger partial charge < -0.3 is 31.6 Å². The molecule has 0 aliphatic carbocycles. The molecule has 0 atom stereocenters. The molecule has 0 aliphatic heterocycles. The number of alkyl carbamates (subject to hydrolysis) is 1. The summed E-state index contributed by atoms with van der Waals surface area (Å²) in [7, 11) is 1.44. The third kappa shape index (κ3) is 6.21. The zero-order chi connectivity index (χ0) is 20.4. The van der Waals surface area contributed by atoms with E-state index in [1.807, 2.05) is 0 Å². The van der Waals surface area contributed by atoms with E-state index in [0.29, 0.717) is 22.9 Å². The minimum atomic E-state index is -0.614. The summed E-state index contributed by atoms with van der Waals surface area (Å²) < 4.78 is 10.2. The predicted molar refractivity (Wildman–Crippen MR) is 103 cm³/mol. The number of amides is 2. The van der Waals surface area contributed by atoms with Crippen molar-refractivity contribution in [2.75, 3.05) is 31.4 Å². The number of anilines is 2. The normalized spacial score (nSPS) is 10.5. The Morgan fingerprint density at radius 2 is 1.89 bits per heavy atom. The van der Waals surface area contributed by atoms with Gasteiger partial charge in [-0.25, -0.2) is 9.78 Å². The van der Waals surface area contributed by atoms with E-state index >= 15 is 0 Å². The van der Waals surface area contributed by atoms with Gasteiger partial charge in [0.2, 0.25) is 12.7 Å². The lowest BCUT2D eigenvalue weighted by Crippen LogP contribution is -2.21. The van der Waals surface area contributed by atoms with Crippen LogP contribution in [0.15, 0.2) is 46.6 Å². The minimum Gasteiger partial charge on any atom is -0.455 e. The van der Waals surface area contributed by atoms with Crippen LogP contribution < -0.4 is 26.8 Å². The molecule has 2 amide bonds. The SMILES string of the molecule is CNC(=O)OCOc1ccccc1N=Nc1ccc(NC(=O)CCN)nc1N. The molecule has 1 heterocycles. The quantitative estimate of drug-likeness (QED) is 0.397. The first-order valence-corrected chi connectivity index (χ1v) is 8.28. The average molecular weight is 387 g/mol. The summed E-state index contributed by atoms with van der Waals surface area (Å²) in [6.45, 7) is -0.0453. The van der Waals surface area contributed by atoms with Crippen LogP contribution in [0.3, 0.4) is 0 Å². The maximum atomic E-state index is 11.5. The molecule has 0 bridgehead atoms. The van der Waals surface area contributed by atoms with Crippen LogP contribution in [0.2, 0.25) is 0 Å². The van der Waals surface area contributed by atoms with Gasteiger partial charge in [0, 0.05) is 20.0 Å². The molecule has 11 heteroatoms. The van der Waals surface area contributed by atoms with Crippen molar-refractivity contribution < 1.29 is 19.1 Å². The van der Waals surface area contributed by atoms with Crippen molar-refractivity contribution in [1.82, 2.24) is 10.3 Å². The molecule has 0 saturated carbocycles. The topological polar surface area (TPSA) is 166 Å². The number of carbonyl (C=O) groups excluding carboxylic acids is 2. The zero-order valence-electron chi connectivity index (χ0n) is 15.2. The molecule has 2 rings (SSSR count). The Balaban J connectivity index is 2.07. The number of pyridine rings is 1. The van der Waals surface area contributed by atoms with Crippen LogP contribution >= 0.6 is 0 Å². The summed E-state index contributed by atoms with van der Waals surface area (Å²) in [6.07, 6.45) is -0.430. The number of nitrogens with two attached hydrogens (primary N) is 2. The summed E-state index contributed by atoms with van der Waals surface area (Å²) in [6, 6.07) is 9.94. The van der Waals surface area contributed by atoms with Crippen LogP contribution in [0.4, 0.5) is 27.8 Å². The molecule has 0 saturated heterocycles. The molecular weight excluding hydrogens is 366 g/mol. The number of carbonyl (C=O) groups is 2. The van der Waals surface area contributed by atoms with Gasteiger partial charge in [0.1, 0.15) is 17.2 Å². The first-order chi connectivity index (χ1) is 13.5. The van der Waals surface area contributed by atoms with Crippen LogP contribution in [0, 0.1) is 0 Å². The third-order valence-electron chi connectivity index (χ3n) is 3.28. The van der Waals surface area contributed by atoms with Gasteiger partial charge in [-0.3, -0.25) is 4.79 Å². The first kappa shape index (κ1) is 20.6. The number of benzene rings is 1. The monoisotopic (exact) mass is 387 g/mol. The fourth-order valence-electron chi connectivity index (χ4n) is 1.95. The molecule has 0 fully saturated rings. The Bertz CT molecular complexity index is 857.